The number of thiophene rings is 1. The summed E-state index contributed by atoms with van der Waals surface area (Å²) < 4.78 is 56.1. The predicted octanol–water partition coefficient (Wildman–Crippen LogP) is 4.62. The fourth-order valence-corrected chi connectivity index (χ4v) is 5.63. The lowest BCUT2D eigenvalue weighted by molar-refractivity contribution is -0.137. The lowest BCUT2D eigenvalue weighted by Crippen LogP contribution is -2.57. The van der Waals surface area contributed by atoms with E-state index < -0.39 is 17.8 Å². The molecule has 2 aromatic carbocycles. The molecule has 0 radical (unpaired) electrons. The van der Waals surface area contributed by atoms with E-state index in [0.717, 1.165) is 16.8 Å². The quantitative estimate of drug-likeness (QED) is 0.311. The Balaban J connectivity index is 1.20. The molecule has 1 fully saturated rings. The number of carbonyl (C=O) groups is 1. The number of hydrogen-bond donors (Lipinski definition) is 1. The minimum atomic E-state index is -4.43. The Morgan fingerprint density at radius 3 is 2.65 bits per heavy atom. The van der Waals surface area contributed by atoms with Gasteiger partial charge in [0.25, 0.3) is 0 Å². The van der Waals surface area contributed by atoms with Gasteiger partial charge in [-0.1, -0.05) is 6.07 Å². The third-order valence-corrected chi connectivity index (χ3v) is 7.99. The van der Waals surface area contributed by atoms with Gasteiger partial charge in [-0.3, -0.25) is 9.69 Å². The normalized spacial score (nSPS) is 16.6. The maximum Gasteiger partial charge on any atom is 0.416 e. The van der Waals surface area contributed by atoms with Crippen LogP contribution < -0.4 is 10.2 Å². The van der Waals surface area contributed by atoms with E-state index in [1.54, 1.807) is 18.3 Å². The number of alkyl halides is 3. The number of benzene rings is 2. The zero-order chi connectivity index (χ0) is 28.0. The van der Waals surface area contributed by atoms with Crippen molar-refractivity contribution < 1.29 is 22.4 Å². The molecule has 6 rings (SSSR count). The number of piperazine rings is 1. The first kappa shape index (κ1) is 26.1. The average molecular weight is 570 g/mol. The van der Waals surface area contributed by atoms with Crippen LogP contribution in [-0.4, -0.2) is 63.3 Å². The molecule has 3 aromatic heterocycles. The minimum Gasteiger partial charge on any atom is -0.353 e. The van der Waals surface area contributed by atoms with E-state index in [2.05, 4.69) is 20.4 Å². The summed E-state index contributed by atoms with van der Waals surface area (Å²) in [5.74, 6) is 0.0110. The van der Waals surface area contributed by atoms with E-state index >= 15 is 0 Å². The fourth-order valence-electron chi connectivity index (χ4n) is 4.85. The molecule has 0 saturated carbocycles. The molecule has 1 N–H and O–H groups in total. The summed E-state index contributed by atoms with van der Waals surface area (Å²) in [7, 11) is 1.86. The fraction of sp³-hybridized carbons (Fsp3) is 0.259. The summed E-state index contributed by atoms with van der Waals surface area (Å²) in [4.78, 5) is 25.8. The summed E-state index contributed by atoms with van der Waals surface area (Å²) in [6, 6.07) is 9.45. The van der Waals surface area contributed by atoms with Crippen molar-refractivity contribution in [2.45, 2.75) is 18.8 Å². The second-order valence-corrected chi connectivity index (χ2v) is 10.5. The Hall–Kier alpha value is -4.10. The minimum absolute atomic E-state index is 0.0679. The SMILES string of the molecule is CN1CCN(c2ncnc3nn(-c4ccc(C(F)(F)F)cc4)cc23)C[C@H]1C(=O)NCc1ccc2sccc2c1F. The van der Waals surface area contributed by atoms with Crippen LogP contribution in [-0.2, 0) is 17.5 Å². The van der Waals surface area contributed by atoms with Gasteiger partial charge in [0.2, 0.25) is 5.91 Å². The maximum atomic E-state index is 14.9. The van der Waals surface area contributed by atoms with Crippen molar-refractivity contribution in [2.24, 2.45) is 0 Å². The smallest absolute Gasteiger partial charge is 0.353 e. The van der Waals surface area contributed by atoms with Gasteiger partial charge in [0.15, 0.2) is 5.65 Å². The molecule has 1 saturated heterocycles. The van der Waals surface area contributed by atoms with E-state index in [4.69, 9.17) is 0 Å². The molecule has 0 aliphatic carbocycles. The molecule has 13 heteroatoms. The van der Waals surface area contributed by atoms with Crippen LogP contribution in [0.25, 0.3) is 26.8 Å². The van der Waals surface area contributed by atoms with E-state index in [1.165, 1.54) is 34.5 Å². The molecule has 0 unspecified atom stereocenters. The first-order valence-electron chi connectivity index (χ1n) is 12.4. The second-order valence-electron chi connectivity index (χ2n) is 9.58. The van der Waals surface area contributed by atoms with Gasteiger partial charge in [-0.2, -0.15) is 13.2 Å². The van der Waals surface area contributed by atoms with E-state index in [9.17, 15) is 22.4 Å². The highest BCUT2D eigenvalue weighted by Crippen LogP contribution is 2.31. The topological polar surface area (TPSA) is 79.2 Å². The van der Waals surface area contributed by atoms with Crippen LogP contribution in [0.5, 0.6) is 0 Å². The Morgan fingerprint density at radius 1 is 1.07 bits per heavy atom. The third-order valence-electron chi connectivity index (χ3n) is 7.11. The molecular weight excluding hydrogens is 546 g/mol. The van der Waals surface area contributed by atoms with Crippen molar-refractivity contribution in [3.8, 4) is 5.69 Å². The summed E-state index contributed by atoms with van der Waals surface area (Å²) in [6.07, 6.45) is -1.38. The number of hydrogen-bond acceptors (Lipinski definition) is 7. The van der Waals surface area contributed by atoms with Crippen LogP contribution in [0.15, 0.2) is 60.4 Å². The summed E-state index contributed by atoms with van der Waals surface area (Å²) in [5, 5.41) is 10.3. The van der Waals surface area contributed by atoms with Gasteiger partial charge in [-0.25, -0.2) is 19.0 Å². The van der Waals surface area contributed by atoms with Gasteiger partial charge in [0.05, 0.1) is 16.6 Å². The van der Waals surface area contributed by atoms with Crippen molar-refractivity contribution in [2.75, 3.05) is 31.6 Å². The number of anilines is 1. The van der Waals surface area contributed by atoms with Crippen LogP contribution in [0.4, 0.5) is 23.4 Å². The molecule has 8 nitrogen and oxygen atoms in total. The Morgan fingerprint density at radius 2 is 1.88 bits per heavy atom. The highest BCUT2D eigenvalue weighted by atomic mass is 32.1. The largest absolute Gasteiger partial charge is 0.416 e. The molecule has 1 aliphatic heterocycles. The molecule has 0 spiro atoms. The molecular formula is C27H23F4N7OS. The molecule has 0 bridgehead atoms. The standard InChI is InChI=1S/C27H23F4N7OS/c1-36-9-10-37(14-21(36)26(39)32-12-16-2-7-22-19(23(16)28)8-11-40-22)25-20-13-38(35-24(20)33-15-34-25)18-5-3-17(4-6-18)27(29,30)31/h2-8,11,13,15,21H,9-10,12,14H2,1H3,(H,32,39)/t21-/m0/s1. The van der Waals surface area contributed by atoms with Gasteiger partial charge >= 0.3 is 6.18 Å². The van der Waals surface area contributed by atoms with Crippen LogP contribution in [0.2, 0.25) is 0 Å². The highest BCUT2D eigenvalue weighted by Gasteiger charge is 2.32. The van der Waals surface area contributed by atoms with Crippen LogP contribution in [0.3, 0.4) is 0 Å². The van der Waals surface area contributed by atoms with Gasteiger partial charge < -0.3 is 10.2 Å². The van der Waals surface area contributed by atoms with Crippen LogP contribution in [0, 0.1) is 5.82 Å². The number of fused-ring (bicyclic) bond motifs is 2. The Kier molecular flexibility index (Phi) is 6.62. The zero-order valence-corrected chi connectivity index (χ0v) is 22.0. The molecule has 206 valence electrons. The van der Waals surface area contributed by atoms with Crippen molar-refractivity contribution in [3.05, 3.63) is 77.3 Å². The van der Waals surface area contributed by atoms with Crippen molar-refractivity contribution in [1.82, 2.24) is 30.0 Å². The van der Waals surface area contributed by atoms with Gasteiger partial charge in [-0.15, -0.1) is 16.4 Å². The number of rotatable bonds is 5. The van der Waals surface area contributed by atoms with E-state index in [-0.39, 0.29) is 18.3 Å². The van der Waals surface area contributed by atoms with E-state index in [0.29, 0.717) is 53.1 Å². The molecule has 40 heavy (non-hydrogen) atoms. The lowest BCUT2D eigenvalue weighted by atomic mass is 10.1. The Labute approximate surface area is 229 Å². The maximum absolute atomic E-state index is 14.9. The van der Waals surface area contributed by atoms with Crippen LogP contribution in [0.1, 0.15) is 11.1 Å². The number of likely N-dealkylation sites (N-methyl/N-ethyl adjacent to an activating group) is 1. The molecule has 1 amide bonds. The van der Waals surface area contributed by atoms with Gasteiger partial charge in [-0.05, 0) is 48.8 Å². The predicted molar refractivity (Wildman–Crippen MR) is 144 cm³/mol. The molecule has 1 atom stereocenters. The highest BCUT2D eigenvalue weighted by molar-refractivity contribution is 7.17. The summed E-state index contributed by atoms with van der Waals surface area (Å²) >= 11 is 1.46. The second kappa shape index (κ2) is 10.1. The number of amides is 1. The molecule has 1 aliphatic rings. The molecule has 5 aromatic rings. The number of carbonyl (C=O) groups excluding carboxylic acids is 1. The first-order valence-corrected chi connectivity index (χ1v) is 13.3. The number of nitrogens with zero attached hydrogens (tertiary/aromatic N) is 6. The first-order chi connectivity index (χ1) is 19.2. The van der Waals surface area contributed by atoms with E-state index in [1.807, 2.05) is 28.3 Å². The lowest BCUT2D eigenvalue weighted by Gasteiger charge is -2.39. The molecule has 4 heterocycles. The number of nitrogens with one attached hydrogen (secondary N) is 1. The monoisotopic (exact) mass is 569 g/mol. The van der Waals surface area contributed by atoms with Crippen molar-refractivity contribution in [3.63, 3.8) is 0 Å². The van der Waals surface area contributed by atoms with Crippen LogP contribution >= 0.6 is 11.3 Å². The third kappa shape index (κ3) is 4.86. The number of aromatic nitrogens is 4. The summed E-state index contributed by atoms with van der Waals surface area (Å²) in [5.41, 5.74) is 0.497. The van der Waals surface area contributed by atoms with Gasteiger partial charge in [0.1, 0.15) is 24.0 Å². The zero-order valence-electron chi connectivity index (χ0n) is 21.2. The van der Waals surface area contributed by atoms with Gasteiger partial charge in [0, 0.05) is 48.0 Å². The average Bonchev–Trinajstić information content (AvgIpc) is 3.60. The number of halogens is 4. The van der Waals surface area contributed by atoms with Crippen molar-refractivity contribution >= 4 is 44.2 Å². The van der Waals surface area contributed by atoms with Crippen molar-refractivity contribution in [1.29, 1.82) is 0 Å². The summed E-state index contributed by atoms with van der Waals surface area (Å²) in [6.45, 7) is 1.55. The Bertz CT molecular complexity index is 1700.